The van der Waals surface area contributed by atoms with Gasteiger partial charge in [-0.2, -0.15) is 0 Å². The van der Waals surface area contributed by atoms with E-state index in [4.69, 9.17) is 9.47 Å². The van der Waals surface area contributed by atoms with E-state index in [0.29, 0.717) is 13.0 Å². The average molecular weight is 630 g/mol. The molecule has 8 heteroatoms. The van der Waals surface area contributed by atoms with E-state index in [0.717, 1.165) is 18.4 Å². The lowest BCUT2D eigenvalue weighted by Crippen LogP contribution is -2.63. The minimum atomic E-state index is -1.86. The summed E-state index contributed by atoms with van der Waals surface area (Å²) in [4.78, 5) is 39.4. The standard InChI is InChI=1S/C37H59NO7/c1-8-9-10-11-12-13-14-15-16-17-18-19-30(40)44-33-25(3)36(43)28(31-34(5,6)37(31,33)45-26(4)39)21-27(23-38-7)22-35(42)29(36)20-24(2)32(35)41/h20-21,24-25,28,31,33,38,42-43H,8-19,22-23H2,1-7H3/t24?,25-,28+,31-,33-,35-,36-,37-/m1/s1. The van der Waals surface area contributed by atoms with Crippen LogP contribution in [0.15, 0.2) is 23.3 Å². The van der Waals surface area contributed by atoms with Crippen molar-refractivity contribution < 1.29 is 34.1 Å². The number of nitrogens with one attached hydrogen (secondary N) is 1. The van der Waals surface area contributed by atoms with E-state index in [1.165, 1.54) is 58.3 Å². The molecule has 3 N–H and O–H groups in total. The van der Waals surface area contributed by atoms with Crippen LogP contribution in [0.2, 0.25) is 0 Å². The van der Waals surface area contributed by atoms with Crippen molar-refractivity contribution in [2.45, 2.75) is 148 Å². The Balaban J connectivity index is 1.53. The Hall–Kier alpha value is -2.03. The van der Waals surface area contributed by atoms with Crippen molar-refractivity contribution in [3.8, 4) is 0 Å². The number of unbranched alkanes of at least 4 members (excludes halogenated alkanes) is 10. The third-order valence-electron chi connectivity index (χ3n) is 11.6. The Morgan fingerprint density at radius 2 is 1.53 bits per heavy atom. The third kappa shape index (κ3) is 6.32. The normalized spacial score (nSPS) is 36.2. The number of ether oxygens (including phenoxy) is 2. The molecular formula is C37H59NO7. The highest BCUT2D eigenvalue weighted by atomic mass is 16.6. The number of carbonyl (C=O) groups excluding carboxylic acids is 3. The first kappa shape index (κ1) is 35.8. The molecule has 0 saturated heterocycles. The Labute approximate surface area is 270 Å². The lowest BCUT2D eigenvalue weighted by Gasteiger charge is -2.51. The van der Waals surface area contributed by atoms with Gasteiger partial charge in [-0.3, -0.25) is 14.4 Å². The summed E-state index contributed by atoms with van der Waals surface area (Å²) in [6.45, 7) is 11.6. The van der Waals surface area contributed by atoms with E-state index < -0.39 is 58.0 Å². The number of aliphatic hydroxyl groups is 2. The van der Waals surface area contributed by atoms with Gasteiger partial charge in [0, 0.05) is 55.4 Å². The van der Waals surface area contributed by atoms with Crippen LogP contribution in [-0.2, 0) is 23.9 Å². The average Bonchev–Trinajstić information content (AvgIpc) is 3.39. The van der Waals surface area contributed by atoms with Crippen LogP contribution in [0.5, 0.6) is 0 Å². The van der Waals surface area contributed by atoms with Crippen molar-refractivity contribution in [2.24, 2.45) is 29.1 Å². The summed E-state index contributed by atoms with van der Waals surface area (Å²) >= 11 is 0. The summed E-state index contributed by atoms with van der Waals surface area (Å²) in [6, 6.07) is 0. The maximum absolute atomic E-state index is 13.4. The SMILES string of the molecule is CCCCCCCCCCCCCC(=O)O[C@@H]1[C@@H](C)[C@]2(O)C3=CC(C)C(=O)[C@@]3(O)CC(CNC)=C[C@H]2[C@@H]2C(C)(C)[C@]12OC(C)=O. The number of carbonyl (C=O) groups is 3. The van der Waals surface area contributed by atoms with Crippen LogP contribution in [0, 0.1) is 29.1 Å². The van der Waals surface area contributed by atoms with Crippen LogP contribution in [-0.4, -0.2) is 64.4 Å². The zero-order valence-corrected chi connectivity index (χ0v) is 28.9. The molecule has 4 rings (SSSR count). The zero-order valence-electron chi connectivity index (χ0n) is 28.9. The molecule has 0 spiro atoms. The van der Waals surface area contributed by atoms with Gasteiger partial charge in [-0.25, -0.2) is 0 Å². The predicted octanol–water partition coefficient (Wildman–Crippen LogP) is 5.98. The first-order chi connectivity index (χ1) is 21.2. The first-order valence-corrected chi connectivity index (χ1v) is 17.7. The lowest BCUT2D eigenvalue weighted by molar-refractivity contribution is -0.206. The van der Waals surface area contributed by atoms with Gasteiger partial charge in [0.15, 0.2) is 17.0 Å². The fourth-order valence-electron chi connectivity index (χ4n) is 9.29. The molecule has 0 aromatic carbocycles. The number of hydrogen-bond donors (Lipinski definition) is 3. The van der Waals surface area contributed by atoms with Crippen molar-refractivity contribution >= 4 is 17.7 Å². The van der Waals surface area contributed by atoms with Crippen molar-refractivity contribution in [2.75, 3.05) is 13.6 Å². The van der Waals surface area contributed by atoms with E-state index in [2.05, 4.69) is 12.2 Å². The maximum Gasteiger partial charge on any atom is 0.306 e. The molecule has 254 valence electrons. The van der Waals surface area contributed by atoms with Gasteiger partial charge in [-0.15, -0.1) is 0 Å². The molecule has 2 fully saturated rings. The van der Waals surface area contributed by atoms with E-state index in [1.807, 2.05) is 19.9 Å². The molecule has 2 saturated carbocycles. The lowest BCUT2D eigenvalue weighted by atomic mass is 9.61. The van der Waals surface area contributed by atoms with Gasteiger partial charge < -0.3 is 25.0 Å². The number of hydrogen-bond acceptors (Lipinski definition) is 8. The second kappa shape index (κ2) is 14.0. The molecule has 0 radical (unpaired) electrons. The quantitative estimate of drug-likeness (QED) is 0.108. The highest BCUT2D eigenvalue weighted by Gasteiger charge is 2.87. The van der Waals surface area contributed by atoms with Gasteiger partial charge in [-0.05, 0) is 19.0 Å². The molecule has 0 aromatic heterocycles. The number of Topliss-reactive ketones (excluding diaryl/α,β-unsaturated/α-hetero) is 1. The molecule has 0 aliphatic heterocycles. The number of ketones is 1. The predicted molar refractivity (Wildman–Crippen MR) is 174 cm³/mol. The van der Waals surface area contributed by atoms with Crippen LogP contribution in [0.1, 0.15) is 125 Å². The summed E-state index contributed by atoms with van der Waals surface area (Å²) < 4.78 is 12.4. The van der Waals surface area contributed by atoms with E-state index in [1.54, 1.807) is 27.0 Å². The minimum Gasteiger partial charge on any atom is -0.458 e. The Morgan fingerprint density at radius 1 is 0.956 bits per heavy atom. The highest BCUT2D eigenvalue weighted by Crippen LogP contribution is 2.77. The molecule has 0 amide bonds. The van der Waals surface area contributed by atoms with E-state index in [-0.39, 0.29) is 30.2 Å². The fourth-order valence-corrected chi connectivity index (χ4v) is 9.29. The van der Waals surface area contributed by atoms with Crippen LogP contribution in [0.25, 0.3) is 0 Å². The number of allylic oxidation sites excluding steroid dienone is 1. The number of esters is 2. The largest absolute Gasteiger partial charge is 0.458 e. The summed E-state index contributed by atoms with van der Waals surface area (Å²) in [5.74, 6) is -3.47. The molecule has 8 atom stereocenters. The van der Waals surface area contributed by atoms with Gasteiger partial charge in [0.25, 0.3) is 0 Å². The van der Waals surface area contributed by atoms with Crippen molar-refractivity contribution in [1.29, 1.82) is 0 Å². The van der Waals surface area contributed by atoms with Gasteiger partial charge in [0.1, 0.15) is 11.7 Å². The Morgan fingerprint density at radius 3 is 2.09 bits per heavy atom. The molecular weight excluding hydrogens is 570 g/mol. The molecule has 1 unspecified atom stereocenters. The van der Waals surface area contributed by atoms with Crippen molar-refractivity contribution in [1.82, 2.24) is 5.32 Å². The summed E-state index contributed by atoms with van der Waals surface area (Å²) in [5.41, 5.74) is -4.22. The van der Waals surface area contributed by atoms with Crippen molar-refractivity contribution in [3.63, 3.8) is 0 Å². The highest BCUT2D eigenvalue weighted by molar-refractivity contribution is 5.98. The monoisotopic (exact) mass is 629 g/mol. The summed E-state index contributed by atoms with van der Waals surface area (Å²) in [7, 11) is 1.80. The van der Waals surface area contributed by atoms with Gasteiger partial charge >= 0.3 is 11.9 Å². The summed E-state index contributed by atoms with van der Waals surface area (Å²) in [5, 5.41) is 28.0. The van der Waals surface area contributed by atoms with Gasteiger partial charge in [-0.1, -0.05) is 117 Å². The van der Waals surface area contributed by atoms with Crippen LogP contribution in [0.4, 0.5) is 0 Å². The van der Waals surface area contributed by atoms with Gasteiger partial charge in [0.2, 0.25) is 0 Å². The molecule has 0 aromatic rings. The Kier molecular flexibility index (Phi) is 11.1. The number of rotatable bonds is 16. The van der Waals surface area contributed by atoms with Gasteiger partial charge in [0.05, 0.1) is 0 Å². The zero-order chi connectivity index (χ0) is 33.2. The van der Waals surface area contributed by atoms with E-state index >= 15 is 0 Å². The minimum absolute atomic E-state index is 0.0748. The summed E-state index contributed by atoms with van der Waals surface area (Å²) in [6.07, 6.45) is 16.0. The molecule has 4 aliphatic rings. The maximum atomic E-state index is 13.4. The second-order valence-corrected chi connectivity index (χ2v) is 15.0. The third-order valence-corrected chi connectivity index (χ3v) is 11.6. The molecule has 4 aliphatic carbocycles. The van der Waals surface area contributed by atoms with Crippen LogP contribution in [0.3, 0.4) is 0 Å². The smallest absolute Gasteiger partial charge is 0.306 e. The number of fused-ring (bicyclic) bond motifs is 5. The molecule has 8 nitrogen and oxygen atoms in total. The van der Waals surface area contributed by atoms with Crippen LogP contribution >= 0.6 is 0 Å². The fraction of sp³-hybridized carbons (Fsp3) is 0.811. The molecule has 0 bridgehead atoms. The topological polar surface area (TPSA) is 122 Å². The number of likely N-dealkylation sites (N-methyl/N-ethyl adjacent to an activating group) is 1. The Bertz CT molecular complexity index is 1180. The molecule has 0 heterocycles. The molecule has 45 heavy (non-hydrogen) atoms. The van der Waals surface area contributed by atoms with Crippen molar-refractivity contribution in [3.05, 3.63) is 23.3 Å². The first-order valence-electron chi connectivity index (χ1n) is 17.7. The van der Waals surface area contributed by atoms with Crippen LogP contribution < -0.4 is 5.32 Å². The second-order valence-electron chi connectivity index (χ2n) is 15.0. The van der Waals surface area contributed by atoms with E-state index in [9.17, 15) is 24.6 Å².